The third kappa shape index (κ3) is 1.20. The van der Waals surface area contributed by atoms with Gasteiger partial charge < -0.3 is 4.74 Å². The van der Waals surface area contributed by atoms with Crippen LogP contribution >= 0.6 is 0 Å². The van der Waals surface area contributed by atoms with Crippen LogP contribution < -0.4 is 4.74 Å². The van der Waals surface area contributed by atoms with E-state index >= 15 is 0 Å². The molecule has 1 heterocycles. The molecule has 2 rings (SSSR count). The van der Waals surface area contributed by atoms with Gasteiger partial charge in [0.2, 0.25) is 0 Å². The molecule has 0 amide bonds. The van der Waals surface area contributed by atoms with Gasteiger partial charge in [-0.1, -0.05) is 26.0 Å². The van der Waals surface area contributed by atoms with Gasteiger partial charge in [-0.25, -0.2) is 0 Å². The first kappa shape index (κ1) is 5.63. The summed E-state index contributed by atoms with van der Waals surface area (Å²) in [6, 6.07) is 5.88. The molecule has 0 saturated heterocycles. The van der Waals surface area contributed by atoms with Gasteiger partial charge in [0.25, 0.3) is 0 Å². The number of hydrogen-bond acceptors (Lipinski definition) is 1. The molecule has 2 atom stereocenters. The van der Waals surface area contributed by atoms with Crippen molar-refractivity contribution < 1.29 is 7.48 Å². The van der Waals surface area contributed by atoms with Crippen LogP contribution in [0.15, 0.2) is 18.2 Å². The summed E-state index contributed by atoms with van der Waals surface area (Å²) in [5.74, 6) is 1.16. The Hall–Kier alpha value is -0.980. The molecule has 0 radical (unpaired) electrons. The van der Waals surface area contributed by atoms with Crippen LogP contribution in [0.2, 0.25) is 0 Å². The molecule has 1 nitrogen and oxygen atoms in total. The second kappa shape index (κ2) is 2.81. The van der Waals surface area contributed by atoms with E-state index in [1.54, 1.807) is 0 Å². The Morgan fingerprint density at radius 2 is 2.33 bits per heavy atom. The lowest BCUT2D eigenvalue weighted by atomic mass is 10.00. The second-order valence-electron chi connectivity index (χ2n) is 3.37. The fourth-order valence-corrected chi connectivity index (χ4v) is 1.34. The molecule has 0 bridgehead atoms. The quantitative estimate of drug-likeness (QED) is 0.620. The zero-order valence-corrected chi connectivity index (χ0v) is 7.37. The summed E-state index contributed by atoms with van der Waals surface area (Å²) in [5, 5.41) is 0. The van der Waals surface area contributed by atoms with Crippen LogP contribution in [0.3, 0.4) is 0 Å². The van der Waals surface area contributed by atoms with Gasteiger partial charge in [-0.2, -0.15) is 0 Å². The van der Waals surface area contributed by atoms with Crippen LogP contribution in [0.25, 0.3) is 0 Å². The molecule has 2 unspecified atom stereocenters. The van der Waals surface area contributed by atoms with E-state index in [0.717, 1.165) is 5.56 Å². The summed E-state index contributed by atoms with van der Waals surface area (Å²) >= 11 is 0. The van der Waals surface area contributed by atoms with Crippen molar-refractivity contribution in [3.05, 3.63) is 29.3 Å². The van der Waals surface area contributed by atoms with Crippen molar-refractivity contribution in [2.45, 2.75) is 26.2 Å². The third-order valence-corrected chi connectivity index (χ3v) is 2.14. The number of aryl methyl sites for hydroxylation is 1. The molecule has 12 heavy (non-hydrogen) atoms. The largest absolute Gasteiger partial charge is 0.493 e. The van der Waals surface area contributed by atoms with Crippen molar-refractivity contribution in [2.75, 3.05) is 6.58 Å². The van der Waals surface area contributed by atoms with Crippen molar-refractivity contribution in [2.24, 2.45) is 0 Å². The molecule has 0 saturated carbocycles. The summed E-state index contributed by atoms with van der Waals surface area (Å²) in [4.78, 5) is 0. The van der Waals surface area contributed by atoms with Gasteiger partial charge in [-0.15, -0.1) is 0 Å². The predicted molar refractivity (Wildman–Crippen MR) is 49.7 cm³/mol. The van der Waals surface area contributed by atoms with Crippen LogP contribution in [-0.4, -0.2) is 6.58 Å². The van der Waals surface area contributed by atoms with Gasteiger partial charge in [0.05, 0.1) is 7.95 Å². The molecule has 64 valence electrons. The first-order chi connectivity index (χ1) is 6.59. The molecule has 1 aliphatic heterocycles. The van der Waals surface area contributed by atoms with Gasteiger partial charge in [0.1, 0.15) is 5.75 Å². The van der Waals surface area contributed by atoms with Crippen LogP contribution in [0.5, 0.6) is 5.75 Å². The fourth-order valence-electron chi connectivity index (χ4n) is 1.34. The molecular formula is C11H14O. The van der Waals surface area contributed by atoms with E-state index in [4.69, 9.17) is 7.48 Å². The molecule has 1 aromatic rings. The fraction of sp³-hybridized carbons (Fsp3) is 0.455. The lowest BCUT2D eigenvalue weighted by Crippen LogP contribution is -1.87. The summed E-state index contributed by atoms with van der Waals surface area (Å²) in [6.07, 6.45) is -0.552. The zero-order chi connectivity index (χ0) is 10.3. The third-order valence-electron chi connectivity index (χ3n) is 2.14. The average Bonchev–Trinajstić information content (AvgIpc) is 2.43. The summed E-state index contributed by atoms with van der Waals surface area (Å²) in [7, 11) is 0. The smallest absolute Gasteiger partial charge is 0.122 e. The maximum absolute atomic E-state index is 7.74. The molecule has 0 aliphatic carbocycles. The first-order valence-electron chi connectivity index (χ1n) is 5.40. The van der Waals surface area contributed by atoms with Crippen LogP contribution in [0, 0.1) is 0 Å². The highest BCUT2D eigenvalue weighted by molar-refractivity contribution is 5.40. The van der Waals surface area contributed by atoms with Gasteiger partial charge in [0, 0.05) is 7.77 Å². The monoisotopic (exact) mass is 164 g/mol. The highest BCUT2D eigenvalue weighted by Gasteiger charge is 2.12. The van der Waals surface area contributed by atoms with Crippen molar-refractivity contribution in [3.63, 3.8) is 0 Å². The highest BCUT2D eigenvalue weighted by Crippen LogP contribution is 2.28. The summed E-state index contributed by atoms with van der Waals surface area (Å²) in [6.45, 7) is 3.48. The van der Waals surface area contributed by atoms with Crippen LogP contribution in [0.1, 0.15) is 33.6 Å². The van der Waals surface area contributed by atoms with Crippen molar-refractivity contribution in [1.82, 2.24) is 0 Å². The van der Waals surface area contributed by atoms with Crippen LogP contribution in [-0.2, 0) is 6.40 Å². The van der Waals surface area contributed by atoms with E-state index in [0.29, 0.717) is 11.7 Å². The molecule has 0 aromatic heterocycles. The van der Waals surface area contributed by atoms with Crippen LogP contribution in [0.4, 0.5) is 0 Å². The second-order valence-corrected chi connectivity index (χ2v) is 3.37. The topological polar surface area (TPSA) is 9.23 Å². The molecule has 1 aliphatic rings. The average molecular weight is 164 g/mol. The normalized spacial score (nSPS) is 29.2. The van der Waals surface area contributed by atoms with E-state index in [2.05, 4.69) is 13.8 Å². The standard InChI is InChI=1S/C11H14O/c1-8(2)9-3-4-11-10(7-9)5-6-12-11/h3-4,7-8H,5-6H2,1-2H3/i5D,6D. The first-order valence-corrected chi connectivity index (χ1v) is 4.24. The van der Waals surface area contributed by atoms with E-state index in [-0.39, 0.29) is 0 Å². The maximum atomic E-state index is 7.74. The van der Waals surface area contributed by atoms with Gasteiger partial charge >= 0.3 is 0 Å². The van der Waals surface area contributed by atoms with Crippen molar-refractivity contribution >= 4 is 0 Å². The van der Waals surface area contributed by atoms with E-state index in [1.165, 1.54) is 5.56 Å². The molecular weight excluding hydrogens is 148 g/mol. The minimum Gasteiger partial charge on any atom is -0.493 e. The molecule has 0 N–H and O–H groups in total. The Labute approximate surface area is 76.2 Å². The molecule has 0 spiro atoms. The minimum atomic E-state index is -0.757. The number of hydrogen-bond donors (Lipinski definition) is 0. The van der Waals surface area contributed by atoms with E-state index in [9.17, 15) is 0 Å². The summed E-state index contributed by atoms with van der Waals surface area (Å²) in [5.41, 5.74) is 2.06. The van der Waals surface area contributed by atoms with E-state index in [1.807, 2.05) is 18.2 Å². The van der Waals surface area contributed by atoms with Crippen molar-refractivity contribution in [1.29, 1.82) is 0 Å². The zero-order valence-electron chi connectivity index (χ0n) is 9.37. The lowest BCUT2D eigenvalue weighted by Gasteiger charge is -2.06. The summed E-state index contributed by atoms with van der Waals surface area (Å²) < 4.78 is 20.5. The van der Waals surface area contributed by atoms with Gasteiger partial charge in [-0.05, 0) is 23.1 Å². The Kier molecular flexibility index (Phi) is 1.32. The number of benzene rings is 1. The van der Waals surface area contributed by atoms with Crippen molar-refractivity contribution in [3.8, 4) is 5.75 Å². The Morgan fingerprint density at radius 3 is 3.08 bits per heavy atom. The maximum Gasteiger partial charge on any atom is 0.122 e. The SMILES string of the molecule is [2H]C1Oc2ccc(C(C)C)cc2C1[2H]. The number of rotatable bonds is 1. The van der Waals surface area contributed by atoms with Gasteiger partial charge in [0.15, 0.2) is 0 Å². The van der Waals surface area contributed by atoms with Gasteiger partial charge in [-0.3, -0.25) is 0 Å². The lowest BCUT2D eigenvalue weighted by molar-refractivity contribution is 0.357. The number of ether oxygens (including phenoxy) is 1. The Morgan fingerprint density at radius 1 is 1.50 bits per heavy atom. The Bertz CT molecular complexity index is 349. The Balaban J connectivity index is 2.41. The molecule has 1 heteroatoms. The minimum absolute atomic E-state index is 0.456. The van der Waals surface area contributed by atoms with E-state index < -0.39 is 13.0 Å². The predicted octanol–water partition coefficient (Wildman–Crippen LogP) is 2.74. The highest BCUT2D eigenvalue weighted by atomic mass is 16.5. The molecule has 1 aromatic carbocycles. The number of fused-ring (bicyclic) bond motifs is 1. The molecule has 0 fully saturated rings.